The summed E-state index contributed by atoms with van der Waals surface area (Å²) in [7, 11) is 0. The minimum atomic E-state index is -0.628. The van der Waals surface area contributed by atoms with E-state index in [0.29, 0.717) is 17.7 Å². The van der Waals surface area contributed by atoms with Gasteiger partial charge in [0.1, 0.15) is 17.2 Å². The highest BCUT2D eigenvalue weighted by Gasteiger charge is 2.57. The fourth-order valence-corrected chi connectivity index (χ4v) is 2.72. The molecule has 0 saturated heterocycles. The van der Waals surface area contributed by atoms with Crippen LogP contribution in [0.15, 0.2) is 18.2 Å². The van der Waals surface area contributed by atoms with Gasteiger partial charge in [-0.3, -0.25) is 0 Å². The van der Waals surface area contributed by atoms with Crippen molar-refractivity contribution in [3.8, 4) is 5.75 Å². The first kappa shape index (κ1) is 11.0. The van der Waals surface area contributed by atoms with Crippen LogP contribution in [0.3, 0.4) is 0 Å². The van der Waals surface area contributed by atoms with Gasteiger partial charge in [-0.2, -0.15) is 0 Å². The summed E-state index contributed by atoms with van der Waals surface area (Å²) in [4.78, 5) is 0. The van der Waals surface area contributed by atoms with Crippen molar-refractivity contribution in [2.24, 2.45) is 5.41 Å². The van der Waals surface area contributed by atoms with Crippen LogP contribution < -0.4 is 4.74 Å². The van der Waals surface area contributed by atoms with Crippen molar-refractivity contribution in [2.75, 3.05) is 0 Å². The zero-order chi connectivity index (χ0) is 12.3. The number of halogens is 1. The van der Waals surface area contributed by atoms with E-state index in [1.165, 1.54) is 12.1 Å². The van der Waals surface area contributed by atoms with Crippen LogP contribution in [0.1, 0.15) is 44.8 Å². The average Bonchev–Trinajstić information content (AvgIpc) is 3.00. The summed E-state index contributed by atoms with van der Waals surface area (Å²) in [5.41, 5.74) is 0.392. The van der Waals surface area contributed by atoms with Crippen LogP contribution in [0.4, 0.5) is 4.39 Å². The van der Waals surface area contributed by atoms with E-state index in [1.807, 2.05) is 0 Å². The summed E-state index contributed by atoms with van der Waals surface area (Å²) in [6.45, 7) is 4.24. The minimum Gasteiger partial charge on any atom is -0.487 e. The van der Waals surface area contributed by atoms with Gasteiger partial charge in [-0.1, -0.05) is 6.92 Å². The van der Waals surface area contributed by atoms with Gasteiger partial charge in [-0.15, -0.1) is 0 Å². The first-order valence-corrected chi connectivity index (χ1v) is 6.10. The molecule has 92 valence electrons. The monoisotopic (exact) mass is 236 g/mol. The Morgan fingerprint density at radius 3 is 2.71 bits per heavy atom. The van der Waals surface area contributed by atoms with Crippen molar-refractivity contribution in [2.45, 2.75) is 44.8 Å². The molecule has 0 bridgehead atoms. The van der Waals surface area contributed by atoms with Crippen LogP contribution in [0.2, 0.25) is 0 Å². The Morgan fingerprint density at radius 1 is 1.35 bits per heavy atom. The van der Waals surface area contributed by atoms with Gasteiger partial charge in [-0.25, -0.2) is 4.39 Å². The van der Waals surface area contributed by atoms with Crippen molar-refractivity contribution < 1.29 is 14.2 Å². The van der Waals surface area contributed by atoms with Gasteiger partial charge in [0, 0.05) is 17.4 Å². The van der Waals surface area contributed by atoms with Crippen molar-refractivity contribution in [3.05, 3.63) is 29.6 Å². The Morgan fingerprint density at radius 2 is 2.06 bits per heavy atom. The van der Waals surface area contributed by atoms with E-state index >= 15 is 0 Å². The molecule has 2 nitrogen and oxygen atoms in total. The molecule has 0 amide bonds. The Kier molecular flexibility index (Phi) is 2.09. The number of aliphatic hydroxyl groups excluding tert-OH is 1. The molecule has 1 N–H and O–H groups in total. The molecule has 2 aliphatic rings. The predicted octanol–water partition coefficient (Wildman–Crippen LogP) is 3.20. The summed E-state index contributed by atoms with van der Waals surface area (Å²) in [6, 6.07) is 4.37. The lowest BCUT2D eigenvalue weighted by Gasteiger charge is -2.42. The van der Waals surface area contributed by atoms with Gasteiger partial charge in [-0.05, 0) is 38.0 Å². The van der Waals surface area contributed by atoms with E-state index in [-0.39, 0.29) is 16.8 Å². The van der Waals surface area contributed by atoms with Crippen LogP contribution in [0, 0.1) is 11.2 Å². The zero-order valence-electron chi connectivity index (χ0n) is 10.2. The average molecular weight is 236 g/mol. The molecule has 17 heavy (non-hydrogen) atoms. The smallest absolute Gasteiger partial charge is 0.126 e. The van der Waals surface area contributed by atoms with Crippen molar-refractivity contribution in [1.82, 2.24) is 0 Å². The molecule has 0 aromatic heterocycles. The molecule has 1 aliphatic carbocycles. The molecule has 3 rings (SSSR count). The van der Waals surface area contributed by atoms with Crippen molar-refractivity contribution >= 4 is 0 Å². The summed E-state index contributed by atoms with van der Waals surface area (Å²) in [6.07, 6.45) is 2.18. The molecular formula is C14H17FO2. The number of benzene rings is 1. The molecule has 1 aromatic carbocycles. The van der Waals surface area contributed by atoms with Crippen molar-refractivity contribution in [1.29, 1.82) is 0 Å². The van der Waals surface area contributed by atoms with Crippen LogP contribution >= 0.6 is 0 Å². The third-order valence-corrected chi connectivity index (χ3v) is 4.53. The van der Waals surface area contributed by atoms with Gasteiger partial charge in [0.05, 0.1) is 6.10 Å². The van der Waals surface area contributed by atoms with Crippen LogP contribution in [0.5, 0.6) is 5.75 Å². The standard InChI is InChI=1S/C14H17FO2/c1-13(5-6-13)14(2)8-11(16)10-7-9(15)3-4-12(10)17-14/h3-4,7,11,16H,5-6,8H2,1-2H3. The first-order valence-electron chi connectivity index (χ1n) is 6.10. The molecule has 1 saturated carbocycles. The maximum absolute atomic E-state index is 13.1. The molecular weight excluding hydrogens is 219 g/mol. The highest BCUT2D eigenvalue weighted by atomic mass is 19.1. The van der Waals surface area contributed by atoms with Gasteiger partial charge in [0.15, 0.2) is 0 Å². The molecule has 0 radical (unpaired) electrons. The summed E-state index contributed by atoms with van der Waals surface area (Å²) in [5, 5.41) is 10.2. The fourth-order valence-electron chi connectivity index (χ4n) is 2.72. The maximum atomic E-state index is 13.1. The van der Waals surface area contributed by atoms with E-state index < -0.39 is 6.10 Å². The van der Waals surface area contributed by atoms with Crippen LogP contribution in [-0.4, -0.2) is 10.7 Å². The van der Waals surface area contributed by atoms with E-state index in [2.05, 4.69) is 13.8 Å². The highest BCUT2D eigenvalue weighted by molar-refractivity contribution is 5.39. The Balaban J connectivity index is 2.01. The summed E-state index contributed by atoms with van der Waals surface area (Å²) < 4.78 is 19.2. The molecule has 0 spiro atoms. The lowest BCUT2D eigenvalue weighted by Crippen LogP contribution is -2.45. The van der Waals surface area contributed by atoms with Crippen LogP contribution in [-0.2, 0) is 0 Å². The lowest BCUT2D eigenvalue weighted by atomic mass is 9.79. The highest BCUT2D eigenvalue weighted by Crippen LogP contribution is 2.59. The topological polar surface area (TPSA) is 29.5 Å². The number of hydrogen-bond donors (Lipinski definition) is 1. The molecule has 2 unspecified atom stereocenters. The molecule has 1 fully saturated rings. The quantitative estimate of drug-likeness (QED) is 0.811. The van der Waals surface area contributed by atoms with Gasteiger partial charge >= 0.3 is 0 Å². The first-order chi connectivity index (χ1) is 7.94. The van der Waals surface area contributed by atoms with Gasteiger partial charge in [0.25, 0.3) is 0 Å². The van der Waals surface area contributed by atoms with E-state index in [9.17, 15) is 9.50 Å². The van der Waals surface area contributed by atoms with E-state index in [0.717, 1.165) is 12.8 Å². The third-order valence-electron chi connectivity index (χ3n) is 4.53. The fraction of sp³-hybridized carbons (Fsp3) is 0.571. The number of hydrogen-bond acceptors (Lipinski definition) is 2. The SMILES string of the molecule is CC1(C2(C)CC(O)c3cc(F)ccc3O2)CC1. The Labute approximate surface area is 100 Å². The third kappa shape index (κ3) is 1.56. The minimum absolute atomic E-state index is 0.153. The molecule has 2 atom stereocenters. The normalized spacial score (nSPS) is 33.8. The second-order valence-electron chi connectivity index (χ2n) is 5.80. The van der Waals surface area contributed by atoms with Gasteiger partial charge < -0.3 is 9.84 Å². The number of aliphatic hydroxyl groups is 1. The Hall–Kier alpha value is -1.09. The molecule has 1 heterocycles. The summed E-state index contributed by atoms with van der Waals surface area (Å²) in [5.74, 6) is 0.299. The van der Waals surface area contributed by atoms with E-state index in [1.54, 1.807) is 6.07 Å². The molecule has 3 heteroatoms. The summed E-state index contributed by atoms with van der Waals surface area (Å²) >= 11 is 0. The van der Waals surface area contributed by atoms with Crippen molar-refractivity contribution in [3.63, 3.8) is 0 Å². The maximum Gasteiger partial charge on any atom is 0.126 e. The largest absolute Gasteiger partial charge is 0.487 e. The number of fused-ring (bicyclic) bond motifs is 1. The zero-order valence-corrected chi connectivity index (χ0v) is 10.2. The lowest BCUT2D eigenvalue weighted by molar-refractivity contribution is -0.0474. The number of ether oxygens (including phenoxy) is 1. The second kappa shape index (κ2) is 3.22. The predicted molar refractivity (Wildman–Crippen MR) is 62.4 cm³/mol. The Bertz CT molecular complexity index is 467. The van der Waals surface area contributed by atoms with Gasteiger partial charge in [0.2, 0.25) is 0 Å². The second-order valence-corrected chi connectivity index (χ2v) is 5.80. The van der Waals surface area contributed by atoms with Crippen LogP contribution in [0.25, 0.3) is 0 Å². The molecule has 1 aromatic rings. The number of rotatable bonds is 1. The molecule has 1 aliphatic heterocycles. The van der Waals surface area contributed by atoms with E-state index in [4.69, 9.17) is 4.74 Å².